The minimum absolute atomic E-state index is 0.183. The van der Waals surface area contributed by atoms with Gasteiger partial charge in [-0.15, -0.1) is 0 Å². The quantitative estimate of drug-likeness (QED) is 0.572. The second kappa shape index (κ2) is 9.57. The summed E-state index contributed by atoms with van der Waals surface area (Å²) in [5.74, 6) is 1.41. The third-order valence-electron chi connectivity index (χ3n) is 4.53. The number of hydrogen-bond donors (Lipinski definition) is 1. The molecule has 2 aromatic carbocycles. The van der Waals surface area contributed by atoms with Crippen LogP contribution in [0.3, 0.4) is 0 Å². The van der Waals surface area contributed by atoms with Gasteiger partial charge < -0.3 is 10.2 Å². The van der Waals surface area contributed by atoms with E-state index < -0.39 is 0 Å². The molecule has 0 saturated carbocycles. The van der Waals surface area contributed by atoms with E-state index in [9.17, 15) is 4.39 Å². The van der Waals surface area contributed by atoms with Gasteiger partial charge in [-0.25, -0.2) is 14.4 Å². The number of benzene rings is 2. The second-order valence-electron chi connectivity index (χ2n) is 7.35. The minimum Gasteiger partial charge on any atom is -0.369 e. The topological polar surface area (TPSA) is 44.3 Å². The largest absolute Gasteiger partial charge is 0.369 e. The van der Waals surface area contributed by atoms with Gasteiger partial charge in [0.25, 0.3) is 0 Å². The summed E-state index contributed by atoms with van der Waals surface area (Å²) in [7, 11) is 6.10. The van der Waals surface area contributed by atoms with Crippen molar-refractivity contribution in [2.75, 3.05) is 39.5 Å². The number of hydrogen-bond acceptors (Lipinski definition) is 5. The molecule has 1 aromatic heterocycles. The average Bonchev–Trinajstić information content (AvgIpc) is 2.66. The standard InChI is InChI=1S/C22H28FN5/c1-27(2)14-8-13-24-22-18-10-5-7-12-20(18)25-21(26-22)16-28(3)15-17-9-4-6-11-19(17)23/h4-7,9-12H,8,13-16H2,1-3H3,(H,24,25,26). The summed E-state index contributed by atoms with van der Waals surface area (Å²) in [5, 5.41) is 4.48. The highest BCUT2D eigenvalue weighted by Gasteiger charge is 2.11. The van der Waals surface area contributed by atoms with Crippen LogP contribution in [-0.4, -0.2) is 54.0 Å². The summed E-state index contributed by atoms with van der Waals surface area (Å²) < 4.78 is 13.9. The van der Waals surface area contributed by atoms with Crippen molar-refractivity contribution in [1.82, 2.24) is 19.8 Å². The first-order valence-electron chi connectivity index (χ1n) is 9.59. The normalized spacial score (nSPS) is 11.5. The van der Waals surface area contributed by atoms with Gasteiger partial charge in [-0.05, 0) is 52.3 Å². The lowest BCUT2D eigenvalue weighted by Crippen LogP contribution is -2.20. The van der Waals surface area contributed by atoms with Crippen LogP contribution in [0.1, 0.15) is 17.8 Å². The van der Waals surface area contributed by atoms with Crippen molar-refractivity contribution in [2.24, 2.45) is 0 Å². The molecule has 0 aliphatic carbocycles. The fourth-order valence-electron chi connectivity index (χ4n) is 3.15. The van der Waals surface area contributed by atoms with Gasteiger partial charge in [0.1, 0.15) is 17.5 Å². The third kappa shape index (κ3) is 5.47. The predicted octanol–water partition coefficient (Wildman–Crippen LogP) is 3.76. The number of fused-ring (bicyclic) bond motifs is 1. The Labute approximate surface area is 166 Å². The summed E-state index contributed by atoms with van der Waals surface area (Å²) in [5.41, 5.74) is 1.59. The molecule has 1 N–H and O–H groups in total. The molecular weight excluding hydrogens is 353 g/mol. The van der Waals surface area contributed by atoms with E-state index in [4.69, 9.17) is 9.97 Å². The zero-order valence-corrected chi connectivity index (χ0v) is 16.8. The van der Waals surface area contributed by atoms with Gasteiger partial charge in [0, 0.05) is 24.0 Å². The van der Waals surface area contributed by atoms with Gasteiger partial charge in [0.05, 0.1) is 12.1 Å². The molecule has 5 nitrogen and oxygen atoms in total. The molecule has 148 valence electrons. The molecule has 0 atom stereocenters. The Morgan fingerprint density at radius 1 is 0.929 bits per heavy atom. The van der Waals surface area contributed by atoms with Gasteiger partial charge in [0.15, 0.2) is 0 Å². The number of para-hydroxylation sites is 1. The van der Waals surface area contributed by atoms with Crippen LogP contribution in [0, 0.1) is 5.82 Å². The minimum atomic E-state index is -0.183. The maximum absolute atomic E-state index is 13.9. The van der Waals surface area contributed by atoms with Crippen LogP contribution in [0.25, 0.3) is 10.9 Å². The number of halogens is 1. The van der Waals surface area contributed by atoms with Gasteiger partial charge >= 0.3 is 0 Å². The van der Waals surface area contributed by atoms with E-state index in [1.165, 1.54) is 6.07 Å². The van der Waals surface area contributed by atoms with E-state index in [1.807, 2.05) is 48.3 Å². The lowest BCUT2D eigenvalue weighted by Gasteiger charge is -2.18. The fraction of sp³-hybridized carbons (Fsp3) is 0.364. The maximum Gasteiger partial charge on any atom is 0.145 e. The molecule has 6 heteroatoms. The van der Waals surface area contributed by atoms with Gasteiger partial charge in [-0.3, -0.25) is 4.90 Å². The fourth-order valence-corrected chi connectivity index (χ4v) is 3.15. The van der Waals surface area contributed by atoms with E-state index in [1.54, 1.807) is 6.07 Å². The first kappa shape index (κ1) is 20.2. The Morgan fingerprint density at radius 2 is 1.68 bits per heavy atom. The molecule has 1 heterocycles. The van der Waals surface area contributed by atoms with Gasteiger partial charge in [-0.1, -0.05) is 30.3 Å². The zero-order chi connectivity index (χ0) is 19.9. The lowest BCUT2D eigenvalue weighted by atomic mass is 10.2. The highest BCUT2D eigenvalue weighted by atomic mass is 19.1. The molecule has 28 heavy (non-hydrogen) atoms. The molecule has 0 fully saturated rings. The Morgan fingerprint density at radius 3 is 2.46 bits per heavy atom. The number of rotatable bonds is 9. The molecule has 3 aromatic rings. The Hall–Kier alpha value is -2.57. The summed E-state index contributed by atoms with van der Waals surface area (Å²) in [6.07, 6.45) is 1.04. The first-order chi connectivity index (χ1) is 13.5. The van der Waals surface area contributed by atoms with E-state index in [-0.39, 0.29) is 5.82 Å². The Kier molecular flexibility index (Phi) is 6.90. The summed E-state index contributed by atoms with van der Waals surface area (Å²) in [6, 6.07) is 14.9. The summed E-state index contributed by atoms with van der Waals surface area (Å²) >= 11 is 0. The monoisotopic (exact) mass is 381 g/mol. The summed E-state index contributed by atoms with van der Waals surface area (Å²) in [4.78, 5) is 13.6. The number of anilines is 1. The molecule has 0 bridgehead atoms. The molecular formula is C22H28FN5. The Bertz CT molecular complexity index is 912. The molecule has 0 aliphatic heterocycles. The highest BCUT2D eigenvalue weighted by Crippen LogP contribution is 2.21. The molecule has 0 radical (unpaired) electrons. The van der Waals surface area contributed by atoms with E-state index in [0.29, 0.717) is 18.7 Å². The molecule has 0 saturated heterocycles. The number of nitrogens with zero attached hydrogens (tertiary/aromatic N) is 4. The Balaban J connectivity index is 1.74. The third-order valence-corrected chi connectivity index (χ3v) is 4.53. The smallest absolute Gasteiger partial charge is 0.145 e. The van der Waals surface area contributed by atoms with Crippen LogP contribution in [0.15, 0.2) is 48.5 Å². The molecule has 3 rings (SSSR count). The predicted molar refractivity (Wildman–Crippen MR) is 113 cm³/mol. The van der Waals surface area contributed by atoms with Crippen LogP contribution in [-0.2, 0) is 13.1 Å². The number of aromatic nitrogens is 2. The van der Waals surface area contributed by atoms with Crippen molar-refractivity contribution < 1.29 is 4.39 Å². The second-order valence-corrected chi connectivity index (χ2v) is 7.35. The van der Waals surface area contributed by atoms with E-state index in [0.717, 1.165) is 42.1 Å². The van der Waals surface area contributed by atoms with Crippen LogP contribution < -0.4 is 5.32 Å². The van der Waals surface area contributed by atoms with Crippen molar-refractivity contribution in [3.8, 4) is 0 Å². The van der Waals surface area contributed by atoms with E-state index >= 15 is 0 Å². The van der Waals surface area contributed by atoms with Crippen molar-refractivity contribution in [3.63, 3.8) is 0 Å². The van der Waals surface area contributed by atoms with Crippen LogP contribution in [0.5, 0.6) is 0 Å². The van der Waals surface area contributed by atoms with E-state index in [2.05, 4.69) is 24.3 Å². The highest BCUT2D eigenvalue weighted by molar-refractivity contribution is 5.88. The van der Waals surface area contributed by atoms with Crippen molar-refractivity contribution in [3.05, 3.63) is 65.7 Å². The van der Waals surface area contributed by atoms with Crippen molar-refractivity contribution in [2.45, 2.75) is 19.5 Å². The molecule has 0 aliphatic rings. The first-order valence-corrected chi connectivity index (χ1v) is 9.59. The summed E-state index contributed by atoms with van der Waals surface area (Å²) in [6.45, 7) is 2.93. The van der Waals surface area contributed by atoms with Crippen LogP contribution in [0.4, 0.5) is 10.2 Å². The van der Waals surface area contributed by atoms with Gasteiger partial charge in [0.2, 0.25) is 0 Å². The van der Waals surface area contributed by atoms with Crippen LogP contribution in [0.2, 0.25) is 0 Å². The maximum atomic E-state index is 13.9. The van der Waals surface area contributed by atoms with Crippen LogP contribution >= 0.6 is 0 Å². The molecule has 0 spiro atoms. The van der Waals surface area contributed by atoms with Crippen molar-refractivity contribution >= 4 is 16.7 Å². The van der Waals surface area contributed by atoms with Gasteiger partial charge in [-0.2, -0.15) is 0 Å². The lowest BCUT2D eigenvalue weighted by molar-refractivity contribution is 0.306. The SMILES string of the molecule is CN(C)CCCNc1nc(CN(C)Cc2ccccc2F)nc2ccccc12. The zero-order valence-electron chi connectivity index (χ0n) is 16.8. The molecule has 0 unspecified atom stereocenters. The van der Waals surface area contributed by atoms with Crippen molar-refractivity contribution in [1.29, 1.82) is 0 Å². The average molecular weight is 381 g/mol. The number of nitrogens with one attached hydrogen (secondary N) is 1. The molecule has 0 amide bonds.